The Morgan fingerprint density at radius 3 is 2.16 bits per heavy atom. The Morgan fingerprint density at radius 1 is 1.21 bits per heavy atom. The van der Waals surface area contributed by atoms with Crippen molar-refractivity contribution in [1.82, 2.24) is 5.32 Å². The molecule has 1 N–H and O–H groups in total. The second-order valence-electron chi connectivity index (χ2n) is 4.83. The molecule has 19 heavy (non-hydrogen) atoms. The van der Waals surface area contributed by atoms with E-state index in [4.69, 9.17) is 10.7 Å². The zero-order chi connectivity index (χ0) is 14.6. The van der Waals surface area contributed by atoms with Crippen molar-refractivity contribution in [2.24, 2.45) is 11.8 Å². The lowest BCUT2D eigenvalue weighted by atomic mass is 9.97. The van der Waals surface area contributed by atoms with E-state index in [9.17, 15) is 13.2 Å². The van der Waals surface area contributed by atoms with Crippen LogP contribution in [0.2, 0.25) is 0 Å². The predicted octanol–water partition coefficient (Wildman–Crippen LogP) is 2.52. The summed E-state index contributed by atoms with van der Waals surface area (Å²) in [4.78, 5) is 11.8. The van der Waals surface area contributed by atoms with Crippen molar-refractivity contribution in [1.29, 1.82) is 0 Å². The number of carbonyl (C=O) groups is 1. The van der Waals surface area contributed by atoms with Crippen molar-refractivity contribution in [3.8, 4) is 0 Å². The normalized spacial score (nSPS) is 13.3. The van der Waals surface area contributed by atoms with E-state index in [0.717, 1.165) is 5.56 Å². The predicted molar refractivity (Wildman–Crippen MR) is 75.3 cm³/mol. The first-order valence-corrected chi connectivity index (χ1v) is 8.34. The zero-order valence-electron chi connectivity index (χ0n) is 11.2. The van der Waals surface area contributed by atoms with Crippen LogP contribution < -0.4 is 5.32 Å². The van der Waals surface area contributed by atoms with Gasteiger partial charge in [-0.15, -0.1) is 0 Å². The maximum Gasteiger partial charge on any atom is 0.261 e. The first-order valence-electron chi connectivity index (χ1n) is 6.03. The second kappa shape index (κ2) is 6.39. The summed E-state index contributed by atoms with van der Waals surface area (Å²) in [5.74, 6) is 0.218. The van der Waals surface area contributed by atoms with Gasteiger partial charge >= 0.3 is 0 Å². The molecule has 0 fully saturated rings. The molecule has 4 nitrogen and oxygen atoms in total. The van der Waals surface area contributed by atoms with Crippen LogP contribution in [0, 0.1) is 11.8 Å². The molecule has 1 unspecified atom stereocenters. The van der Waals surface area contributed by atoms with Crippen molar-refractivity contribution >= 4 is 25.6 Å². The maximum atomic E-state index is 11.8. The highest BCUT2D eigenvalue weighted by molar-refractivity contribution is 8.13. The highest BCUT2D eigenvalue weighted by atomic mass is 35.7. The minimum absolute atomic E-state index is 0.0101. The molecule has 1 aromatic carbocycles. The standard InChI is InChI=1S/C13H18ClNO3S/c1-9(2)10(3)13(16)15-8-11-4-6-12(7-5-11)19(14,17)18/h4-7,9-10H,8H2,1-3H3,(H,15,16). The number of halogens is 1. The van der Waals surface area contributed by atoms with Crippen molar-refractivity contribution in [3.63, 3.8) is 0 Å². The van der Waals surface area contributed by atoms with Crippen LogP contribution in [-0.4, -0.2) is 14.3 Å². The minimum atomic E-state index is -3.69. The molecular formula is C13H18ClNO3S. The number of carbonyl (C=O) groups excluding carboxylic acids is 1. The highest BCUT2D eigenvalue weighted by Gasteiger charge is 2.16. The van der Waals surface area contributed by atoms with Crippen LogP contribution in [0.1, 0.15) is 26.3 Å². The number of amides is 1. The third-order valence-corrected chi connectivity index (χ3v) is 4.45. The summed E-state index contributed by atoms with van der Waals surface area (Å²) in [7, 11) is 1.53. The molecule has 1 atom stereocenters. The number of hydrogen-bond acceptors (Lipinski definition) is 3. The van der Waals surface area contributed by atoms with Crippen LogP contribution >= 0.6 is 10.7 Å². The molecular weight excluding hydrogens is 286 g/mol. The van der Waals surface area contributed by atoms with Crippen molar-refractivity contribution in [2.45, 2.75) is 32.2 Å². The fourth-order valence-electron chi connectivity index (χ4n) is 1.42. The first-order chi connectivity index (χ1) is 8.71. The van der Waals surface area contributed by atoms with Crippen molar-refractivity contribution in [2.75, 3.05) is 0 Å². The molecule has 0 saturated heterocycles. The fourth-order valence-corrected chi connectivity index (χ4v) is 2.19. The number of nitrogens with one attached hydrogen (secondary N) is 1. The molecule has 106 valence electrons. The van der Waals surface area contributed by atoms with E-state index in [1.165, 1.54) is 12.1 Å². The smallest absolute Gasteiger partial charge is 0.261 e. The summed E-state index contributed by atoms with van der Waals surface area (Å²) in [6.07, 6.45) is 0. The third kappa shape index (κ3) is 4.84. The lowest BCUT2D eigenvalue weighted by Gasteiger charge is -2.15. The molecule has 0 saturated carbocycles. The Morgan fingerprint density at radius 2 is 1.74 bits per heavy atom. The zero-order valence-corrected chi connectivity index (χ0v) is 12.8. The molecule has 0 spiro atoms. The van der Waals surface area contributed by atoms with E-state index in [1.807, 2.05) is 20.8 Å². The van der Waals surface area contributed by atoms with Gasteiger partial charge in [0, 0.05) is 23.1 Å². The topological polar surface area (TPSA) is 63.2 Å². The van der Waals surface area contributed by atoms with Gasteiger partial charge in [0.1, 0.15) is 0 Å². The maximum absolute atomic E-state index is 11.8. The summed E-state index contributed by atoms with van der Waals surface area (Å²) in [5, 5.41) is 2.82. The number of rotatable bonds is 5. The Bertz CT molecular complexity index is 538. The molecule has 0 radical (unpaired) electrons. The van der Waals surface area contributed by atoms with E-state index in [0.29, 0.717) is 6.54 Å². The molecule has 0 aromatic heterocycles. The molecule has 0 aliphatic heterocycles. The lowest BCUT2D eigenvalue weighted by Crippen LogP contribution is -2.31. The van der Waals surface area contributed by atoms with Gasteiger partial charge in [0.15, 0.2) is 0 Å². The molecule has 1 aromatic rings. The van der Waals surface area contributed by atoms with Crippen LogP contribution in [0.25, 0.3) is 0 Å². The van der Waals surface area contributed by atoms with E-state index in [1.54, 1.807) is 12.1 Å². The molecule has 0 aliphatic rings. The second-order valence-corrected chi connectivity index (χ2v) is 7.40. The minimum Gasteiger partial charge on any atom is -0.352 e. The number of hydrogen-bond donors (Lipinski definition) is 1. The average Bonchev–Trinajstić information content (AvgIpc) is 2.34. The Labute approximate surface area is 118 Å². The van der Waals surface area contributed by atoms with Gasteiger partial charge in [0.05, 0.1) is 4.90 Å². The SMILES string of the molecule is CC(C)C(C)C(=O)NCc1ccc(S(=O)(=O)Cl)cc1. The molecule has 0 aliphatic carbocycles. The molecule has 1 amide bonds. The average molecular weight is 304 g/mol. The van der Waals surface area contributed by atoms with Gasteiger partial charge in [-0.1, -0.05) is 32.9 Å². The van der Waals surface area contributed by atoms with E-state index in [2.05, 4.69) is 5.32 Å². The fraction of sp³-hybridized carbons (Fsp3) is 0.462. The van der Waals surface area contributed by atoms with Gasteiger partial charge in [-0.2, -0.15) is 0 Å². The summed E-state index contributed by atoms with van der Waals surface area (Å²) < 4.78 is 22.1. The van der Waals surface area contributed by atoms with Gasteiger partial charge in [0.2, 0.25) is 5.91 Å². The van der Waals surface area contributed by atoms with E-state index in [-0.39, 0.29) is 22.6 Å². The quantitative estimate of drug-likeness (QED) is 0.850. The molecule has 0 heterocycles. The molecule has 1 rings (SSSR count). The summed E-state index contributed by atoms with van der Waals surface area (Å²) in [5.41, 5.74) is 0.827. The van der Waals surface area contributed by atoms with E-state index >= 15 is 0 Å². The van der Waals surface area contributed by atoms with E-state index < -0.39 is 9.05 Å². The Hall–Kier alpha value is -1.07. The van der Waals surface area contributed by atoms with Crippen molar-refractivity contribution in [3.05, 3.63) is 29.8 Å². The lowest BCUT2D eigenvalue weighted by molar-refractivity contribution is -0.125. The summed E-state index contributed by atoms with van der Waals surface area (Å²) >= 11 is 0. The van der Waals surface area contributed by atoms with Gasteiger partial charge < -0.3 is 5.32 Å². The third-order valence-electron chi connectivity index (χ3n) is 3.09. The Kier molecular flexibility index (Phi) is 5.38. The summed E-state index contributed by atoms with van der Waals surface area (Å²) in [6, 6.07) is 6.12. The Balaban J connectivity index is 2.63. The van der Waals surface area contributed by atoms with Crippen LogP contribution in [-0.2, 0) is 20.4 Å². The number of benzene rings is 1. The summed E-state index contributed by atoms with van der Waals surface area (Å²) in [6.45, 7) is 6.23. The van der Waals surface area contributed by atoms with Crippen LogP contribution in [0.5, 0.6) is 0 Å². The van der Waals surface area contributed by atoms with Gasteiger partial charge in [0.25, 0.3) is 9.05 Å². The molecule has 6 heteroatoms. The van der Waals surface area contributed by atoms with Crippen molar-refractivity contribution < 1.29 is 13.2 Å². The first kappa shape index (κ1) is 16.0. The van der Waals surface area contributed by atoms with Gasteiger partial charge in [-0.25, -0.2) is 8.42 Å². The van der Waals surface area contributed by atoms with Gasteiger partial charge in [-0.05, 0) is 23.6 Å². The van der Waals surface area contributed by atoms with Crippen LogP contribution in [0.4, 0.5) is 0 Å². The van der Waals surface area contributed by atoms with Gasteiger partial charge in [-0.3, -0.25) is 4.79 Å². The van der Waals surface area contributed by atoms with Crippen LogP contribution in [0.3, 0.4) is 0 Å². The molecule has 0 bridgehead atoms. The largest absolute Gasteiger partial charge is 0.352 e. The highest BCUT2D eigenvalue weighted by Crippen LogP contribution is 2.15. The monoisotopic (exact) mass is 303 g/mol. The van der Waals surface area contributed by atoms with Crippen LogP contribution in [0.15, 0.2) is 29.2 Å².